The Morgan fingerprint density at radius 3 is 2.54 bits per heavy atom. The van der Waals surface area contributed by atoms with E-state index in [4.69, 9.17) is 4.74 Å². The highest BCUT2D eigenvalue weighted by atomic mass is 32.2. The minimum Gasteiger partial charge on any atom is -0.378 e. The van der Waals surface area contributed by atoms with Crippen molar-refractivity contribution in [3.63, 3.8) is 0 Å². The number of sulfonamides is 1. The number of piperazine rings is 1. The van der Waals surface area contributed by atoms with Gasteiger partial charge in [0.2, 0.25) is 10.0 Å². The van der Waals surface area contributed by atoms with Gasteiger partial charge in [0.25, 0.3) is 0 Å². The van der Waals surface area contributed by atoms with Crippen molar-refractivity contribution in [1.29, 1.82) is 0 Å². The van der Waals surface area contributed by atoms with Gasteiger partial charge in [-0.3, -0.25) is 0 Å². The van der Waals surface area contributed by atoms with E-state index in [0.29, 0.717) is 44.2 Å². The summed E-state index contributed by atoms with van der Waals surface area (Å²) in [4.78, 5) is 6.54. The van der Waals surface area contributed by atoms with E-state index in [9.17, 15) is 12.8 Å². The van der Waals surface area contributed by atoms with Gasteiger partial charge in [0.05, 0.1) is 25.0 Å². The summed E-state index contributed by atoms with van der Waals surface area (Å²) >= 11 is 0. The molecule has 0 bridgehead atoms. The van der Waals surface area contributed by atoms with Gasteiger partial charge in [0.15, 0.2) is 5.96 Å². The largest absolute Gasteiger partial charge is 0.378 e. The zero-order chi connectivity index (χ0) is 20.6. The van der Waals surface area contributed by atoms with Crippen molar-refractivity contribution >= 4 is 16.0 Å². The molecule has 0 unspecified atom stereocenters. The lowest BCUT2D eigenvalue weighted by Crippen LogP contribution is -2.54. The summed E-state index contributed by atoms with van der Waals surface area (Å²) in [5.74, 6) is 0.389. The van der Waals surface area contributed by atoms with E-state index in [1.165, 1.54) is 10.4 Å². The topological polar surface area (TPSA) is 74.2 Å². The maximum absolute atomic E-state index is 13.8. The van der Waals surface area contributed by atoms with Crippen molar-refractivity contribution in [3.05, 3.63) is 35.6 Å². The molecule has 0 spiro atoms. The van der Waals surface area contributed by atoms with Crippen LogP contribution >= 0.6 is 0 Å². The molecule has 9 heteroatoms. The third kappa shape index (κ3) is 6.72. The van der Waals surface area contributed by atoms with Crippen LogP contribution in [0.2, 0.25) is 0 Å². The Labute approximate surface area is 167 Å². The minimum atomic E-state index is -3.33. The SMILES string of the molecule is CCNC(=NCc1ccccc1F)N1CCN(S(=O)(=O)CCOC(C)C)CC1. The van der Waals surface area contributed by atoms with Crippen molar-refractivity contribution in [2.45, 2.75) is 33.4 Å². The van der Waals surface area contributed by atoms with Gasteiger partial charge < -0.3 is 15.0 Å². The summed E-state index contributed by atoms with van der Waals surface area (Å²) in [6, 6.07) is 6.57. The summed E-state index contributed by atoms with van der Waals surface area (Å²) < 4.78 is 45.6. The molecule has 0 amide bonds. The predicted molar refractivity (Wildman–Crippen MR) is 109 cm³/mol. The molecule has 1 aromatic carbocycles. The molecule has 1 heterocycles. The van der Waals surface area contributed by atoms with Crippen LogP contribution in [0.3, 0.4) is 0 Å². The van der Waals surface area contributed by atoms with Crippen molar-refractivity contribution in [2.24, 2.45) is 4.99 Å². The molecular formula is C19H31FN4O3S. The van der Waals surface area contributed by atoms with Crippen LogP contribution in [0, 0.1) is 5.82 Å². The molecule has 1 aliphatic rings. The number of guanidine groups is 1. The van der Waals surface area contributed by atoms with Crippen molar-refractivity contribution in [1.82, 2.24) is 14.5 Å². The Morgan fingerprint density at radius 1 is 1.25 bits per heavy atom. The monoisotopic (exact) mass is 414 g/mol. The Morgan fingerprint density at radius 2 is 1.93 bits per heavy atom. The van der Waals surface area contributed by atoms with E-state index >= 15 is 0 Å². The Hall–Kier alpha value is -1.71. The number of benzene rings is 1. The molecule has 1 fully saturated rings. The van der Waals surface area contributed by atoms with Gasteiger partial charge in [-0.25, -0.2) is 17.8 Å². The first-order valence-electron chi connectivity index (χ1n) is 9.69. The first-order chi connectivity index (χ1) is 13.3. The average Bonchev–Trinajstić information content (AvgIpc) is 2.66. The highest BCUT2D eigenvalue weighted by Gasteiger charge is 2.28. The molecule has 0 aliphatic carbocycles. The predicted octanol–water partition coefficient (Wildman–Crippen LogP) is 1.66. The lowest BCUT2D eigenvalue weighted by atomic mass is 10.2. The lowest BCUT2D eigenvalue weighted by Gasteiger charge is -2.36. The fourth-order valence-corrected chi connectivity index (χ4v) is 4.19. The van der Waals surface area contributed by atoms with E-state index in [0.717, 1.165) is 0 Å². The summed E-state index contributed by atoms with van der Waals surface area (Å²) in [6.45, 7) is 8.72. The first-order valence-corrected chi connectivity index (χ1v) is 11.3. The number of nitrogens with zero attached hydrogens (tertiary/aromatic N) is 3. The number of halogens is 1. The van der Waals surface area contributed by atoms with E-state index in [-0.39, 0.29) is 30.8 Å². The van der Waals surface area contributed by atoms with Gasteiger partial charge in [-0.1, -0.05) is 18.2 Å². The molecule has 0 saturated carbocycles. The first kappa shape index (κ1) is 22.6. The molecular weight excluding hydrogens is 383 g/mol. The fourth-order valence-electron chi connectivity index (χ4n) is 2.91. The summed E-state index contributed by atoms with van der Waals surface area (Å²) in [7, 11) is -3.33. The second-order valence-electron chi connectivity index (χ2n) is 6.88. The summed E-state index contributed by atoms with van der Waals surface area (Å²) in [5.41, 5.74) is 0.532. The fraction of sp³-hybridized carbons (Fsp3) is 0.632. The summed E-state index contributed by atoms with van der Waals surface area (Å²) in [5, 5.41) is 3.21. The van der Waals surface area contributed by atoms with Crippen LogP contribution < -0.4 is 5.32 Å². The standard InChI is InChI=1S/C19H31FN4O3S/c1-4-21-19(22-15-17-7-5-6-8-18(17)20)23-9-11-24(12-10-23)28(25,26)14-13-27-16(2)3/h5-8,16H,4,9-15H2,1-3H3,(H,21,22). The number of rotatable bonds is 8. The number of nitrogens with one attached hydrogen (secondary N) is 1. The van der Waals surface area contributed by atoms with Crippen LogP contribution in [0.1, 0.15) is 26.3 Å². The van der Waals surface area contributed by atoms with E-state index < -0.39 is 10.0 Å². The molecule has 158 valence electrons. The van der Waals surface area contributed by atoms with E-state index in [2.05, 4.69) is 10.3 Å². The number of ether oxygens (including phenoxy) is 1. The van der Waals surface area contributed by atoms with Crippen LogP contribution in [0.25, 0.3) is 0 Å². The Bertz CT molecular complexity index is 747. The third-order valence-electron chi connectivity index (χ3n) is 4.42. The number of aliphatic imine (C=N–C) groups is 1. The quantitative estimate of drug-likeness (QED) is 0.517. The molecule has 1 N–H and O–H groups in total. The molecule has 0 radical (unpaired) electrons. The molecule has 1 saturated heterocycles. The molecule has 0 atom stereocenters. The zero-order valence-corrected chi connectivity index (χ0v) is 17.7. The highest BCUT2D eigenvalue weighted by molar-refractivity contribution is 7.89. The van der Waals surface area contributed by atoms with E-state index in [1.54, 1.807) is 18.2 Å². The van der Waals surface area contributed by atoms with Crippen LogP contribution in [0.4, 0.5) is 4.39 Å². The number of hydrogen-bond donors (Lipinski definition) is 1. The smallest absolute Gasteiger partial charge is 0.216 e. The molecule has 28 heavy (non-hydrogen) atoms. The second-order valence-corrected chi connectivity index (χ2v) is 8.97. The van der Waals surface area contributed by atoms with Crippen LogP contribution in [-0.2, 0) is 21.3 Å². The van der Waals surface area contributed by atoms with Crippen LogP contribution in [-0.4, -0.2) is 74.8 Å². The van der Waals surface area contributed by atoms with Gasteiger partial charge in [0.1, 0.15) is 5.82 Å². The lowest BCUT2D eigenvalue weighted by molar-refractivity contribution is 0.0904. The van der Waals surface area contributed by atoms with Gasteiger partial charge in [-0.15, -0.1) is 0 Å². The molecule has 1 aromatic rings. The third-order valence-corrected chi connectivity index (χ3v) is 6.25. The Balaban J connectivity index is 1.94. The molecule has 7 nitrogen and oxygen atoms in total. The molecule has 0 aromatic heterocycles. The molecule has 1 aliphatic heterocycles. The van der Waals surface area contributed by atoms with Gasteiger partial charge in [-0.05, 0) is 26.8 Å². The second kappa shape index (κ2) is 10.7. The maximum atomic E-state index is 13.8. The zero-order valence-electron chi connectivity index (χ0n) is 16.9. The van der Waals surface area contributed by atoms with Crippen molar-refractivity contribution in [2.75, 3.05) is 45.1 Å². The molecule has 2 rings (SSSR count). The minimum absolute atomic E-state index is 0.00732. The van der Waals surface area contributed by atoms with Gasteiger partial charge in [0, 0.05) is 38.3 Å². The maximum Gasteiger partial charge on any atom is 0.216 e. The average molecular weight is 415 g/mol. The Kier molecular flexibility index (Phi) is 8.65. The van der Waals surface area contributed by atoms with Gasteiger partial charge in [-0.2, -0.15) is 4.31 Å². The number of hydrogen-bond acceptors (Lipinski definition) is 4. The van der Waals surface area contributed by atoms with Crippen molar-refractivity contribution < 1.29 is 17.5 Å². The normalized spacial score (nSPS) is 16.6. The highest BCUT2D eigenvalue weighted by Crippen LogP contribution is 2.11. The van der Waals surface area contributed by atoms with Crippen LogP contribution in [0.5, 0.6) is 0 Å². The summed E-state index contributed by atoms with van der Waals surface area (Å²) in [6.07, 6.45) is 0.0142. The van der Waals surface area contributed by atoms with Crippen molar-refractivity contribution in [3.8, 4) is 0 Å². The van der Waals surface area contributed by atoms with Crippen LogP contribution in [0.15, 0.2) is 29.3 Å². The van der Waals surface area contributed by atoms with E-state index in [1.807, 2.05) is 25.7 Å². The van der Waals surface area contributed by atoms with Gasteiger partial charge >= 0.3 is 0 Å².